The highest BCUT2D eigenvalue weighted by Crippen LogP contribution is 2.28. The summed E-state index contributed by atoms with van der Waals surface area (Å²) < 4.78 is 5.21. The molecule has 4 heteroatoms. The highest BCUT2D eigenvalue weighted by Gasteiger charge is 2.14. The van der Waals surface area contributed by atoms with Gasteiger partial charge in [0.25, 0.3) is 0 Å². The smallest absolute Gasteiger partial charge is 0.235 e. The summed E-state index contributed by atoms with van der Waals surface area (Å²) in [4.78, 5) is 13.3. The zero-order chi connectivity index (χ0) is 9.97. The van der Waals surface area contributed by atoms with Crippen LogP contribution in [0.4, 0.5) is 0 Å². The first kappa shape index (κ1) is 8.94. The normalized spacial score (nSPS) is 13.4. The summed E-state index contributed by atoms with van der Waals surface area (Å²) in [7, 11) is 0. The van der Waals surface area contributed by atoms with Gasteiger partial charge in [0.2, 0.25) is 6.08 Å². The number of phenolic OH excluding ortho intramolecular Hbond substituents is 1. The SMILES string of the molecule is O=C=NCc1cc2c(cc1O)COC2. The van der Waals surface area contributed by atoms with Crippen molar-refractivity contribution in [3.05, 3.63) is 28.8 Å². The van der Waals surface area contributed by atoms with Gasteiger partial charge in [-0.25, -0.2) is 9.79 Å². The van der Waals surface area contributed by atoms with E-state index in [0.29, 0.717) is 18.8 Å². The molecule has 4 nitrogen and oxygen atoms in total. The van der Waals surface area contributed by atoms with Crippen molar-refractivity contribution in [1.29, 1.82) is 0 Å². The Morgan fingerprint density at radius 2 is 2.14 bits per heavy atom. The third kappa shape index (κ3) is 1.53. The van der Waals surface area contributed by atoms with Crippen LogP contribution in [0.1, 0.15) is 16.7 Å². The first-order chi connectivity index (χ1) is 6.81. The Kier molecular flexibility index (Phi) is 2.31. The number of aliphatic imine (C=N–C) groups is 1. The van der Waals surface area contributed by atoms with Gasteiger partial charge in [0.05, 0.1) is 19.8 Å². The maximum Gasteiger partial charge on any atom is 0.235 e. The molecule has 1 aromatic rings. The molecule has 0 bridgehead atoms. The standard InChI is InChI=1S/C10H9NO3/c12-6-11-3-7-1-8-4-14-5-9(8)2-10(7)13/h1-2,13H,3-5H2. The van der Waals surface area contributed by atoms with Crippen LogP contribution in [0, 0.1) is 0 Å². The van der Waals surface area contributed by atoms with Crippen LogP contribution in [0.25, 0.3) is 0 Å². The molecule has 72 valence electrons. The molecule has 0 atom stereocenters. The van der Waals surface area contributed by atoms with Crippen LogP contribution >= 0.6 is 0 Å². The van der Waals surface area contributed by atoms with Crippen LogP contribution in [-0.4, -0.2) is 11.2 Å². The Labute approximate surface area is 80.8 Å². The van der Waals surface area contributed by atoms with Crippen molar-refractivity contribution < 1.29 is 14.6 Å². The fraction of sp³-hybridized carbons (Fsp3) is 0.300. The predicted octanol–water partition coefficient (Wildman–Crippen LogP) is 1.26. The molecular formula is C10H9NO3. The van der Waals surface area contributed by atoms with E-state index in [9.17, 15) is 9.90 Å². The van der Waals surface area contributed by atoms with Crippen molar-refractivity contribution in [2.24, 2.45) is 4.99 Å². The molecule has 1 heterocycles. The first-order valence-electron chi connectivity index (χ1n) is 4.26. The zero-order valence-electron chi connectivity index (χ0n) is 7.49. The molecule has 1 aliphatic rings. The third-order valence-electron chi connectivity index (χ3n) is 2.23. The van der Waals surface area contributed by atoms with Gasteiger partial charge in [-0.15, -0.1) is 0 Å². The van der Waals surface area contributed by atoms with Gasteiger partial charge in [0.1, 0.15) is 5.75 Å². The molecule has 1 N–H and O–H groups in total. The van der Waals surface area contributed by atoms with Crippen LogP contribution in [0.3, 0.4) is 0 Å². The molecule has 14 heavy (non-hydrogen) atoms. The van der Waals surface area contributed by atoms with Gasteiger partial charge in [-0.2, -0.15) is 0 Å². The quantitative estimate of drug-likeness (QED) is 0.565. The molecule has 1 aliphatic heterocycles. The third-order valence-corrected chi connectivity index (χ3v) is 2.23. The minimum Gasteiger partial charge on any atom is -0.508 e. The number of ether oxygens (including phenoxy) is 1. The maximum absolute atomic E-state index is 9.93. The molecule has 1 aromatic carbocycles. The summed E-state index contributed by atoms with van der Waals surface area (Å²) in [6.45, 7) is 1.27. The van der Waals surface area contributed by atoms with Gasteiger partial charge in [0.15, 0.2) is 0 Å². The molecule has 0 amide bonds. The number of isocyanates is 1. The number of phenols is 1. The van der Waals surface area contributed by atoms with Crippen LogP contribution in [0.15, 0.2) is 17.1 Å². The number of hydrogen-bond acceptors (Lipinski definition) is 4. The molecule has 0 spiro atoms. The van der Waals surface area contributed by atoms with Crippen molar-refractivity contribution in [3.8, 4) is 5.75 Å². The summed E-state index contributed by atoms with van der Waals surface area (Å²) in [5, 5.41) is 9.56. The highest BCUT2D eigenvalue weighted by molar-refractivity contribution is 5.43. The number of hydrogen-bond donors (Lipinski definition) is 1. The zero-order valence-corrected chi connectivity index (χ0v) is 7.49. The molecule has 0 aromatic heterocycles. The molecule has 0 fully saturated rings. The molecule has 0 unspecified atom stereocenters. The molecule has 0 saturated heterocycles. The number of fused-ring (bicyclic) bond motifs is 1. The predicted molar refractivity (Wildman–Crippen MR) is 48.4 cm³/mol. The van der Waals surface area contributed by atoms with Crippen molar-refractivity contribution in [3.63, 3.8) is 0 Å². The number of benzene rings is 1. The van der Waals surface area contributed by atoms with E-state index in [0.717, 1.165) is 11.1 Å². The summed E-state index contributed by atoms with van der Waals surface area (Å²) in [6.07, 6.45) is 1.44. The van der Waals surface area contributed by atoms with Gasteiger partial charge in [0, 0.05) is 5.56 Å². The van der Waals surface area contributed by atoms with E-state index in [2.05, 4.69) is 4.99 Å². The lowest BCUT2D eigenvalue weighted by atomic mass is 10.1. The van der Waals surface area contributed by atoms with Crippen molar-refractivity contribution >= 4 is 6.08 Å². The van der Waals surface area contributed by atoms with E-state index >= 15 is 0 Å². The van der Waals surface area contributed by atoms with Gasteiger partial charge in [-0.1, -0.05) is 0 Å². The largest absolute Gasteiger partial charge is 0.508 e. The van der Waals surface area contributed by atoms with Crippen LogP contribution in [-0.2, 0) is 29.3 Å². The van der Waals surface area contributed by atoms with Gasteiger partial charge in [-0.05, 0) is 23.3 Å². The van der Waals surface area contributed by atoms with E-state index < -0.39 is 0 Å². The molecule has 0 radical (unpaired) electrons. The minimum atomic E-state index is 0.160. The Balaban J connectivity index is 2.36. The number of aromatic hydroxyl groups is 1. The highest BCUT2D eigenvalue weighted by atomic mass is 16.5. The fourth-order valence-electron chi connectivity index (χ4n) is 1.51. The van der Waals surface area contributed by atoms with Crippen LogP contribution in [0.2, 0.25) is 0 Å². The van der Waals surface area contributed by atoms with Gasteiger partial charge in [-0.3, -0.25) is 0 Å². The Morgan fingerprint density at radius 1 is 1.43 bits per heavy atom. The number of nitrogens with zero attached hydrogens (tertiary/aromatic N) is 1. The summed E-state index contributed by atoms with van der Waals surface area (Å²) in [6, 6.07) is 3.48. The van der Waals surface area contributed by atoms with Crippen molar-refractivity contribution in [2.45, 2.75) is 19.8 Å². The Hall–Kier alpha value is -1.64. The van der Waals surface area contributed by atoms with Crippen LogP contribution in [0.5, 0.6) is 5.75 Å². The van der Waals surface area contributed by atoms with Crippen LogP contribution < -0.4 is 0 Å². The topological polar surface area (TPSA) is 58.9 Å². The summed E-state index contributed by atoms with van der Waals surface area (Å²) in [5.41, 5.74) is 2.69. The van der Waals surface area contributed by atoms with Gasteiger partial charge >= 0.3 is 0 Å². The average Bonchev–Trinajstić information content (AvgIpc) is 2.61. The number of carbonyl (C=O) groups excluding carboxylic acids is 1. The second-order valence-corrected chi connectivity index (χ2v) is 3.15. The second kappa shape index (κ2) is 3.62. The summed E-state index contributed by atoms with van der Waals surface area (Å²) >= 11 is 0. The monoisotopic (exact) mass is 191 g/mol. The van der Waals surface area contributed by atoms with E-state index in [4.69, 9.17) is 4.74 Å². The fourth-order valence-corrected chi connectivity index (χ4v) is 1.51. The van der Waals surface area contributed by atoms with E-state index in [1.165, 1.54) is 6.08 Å². The van der Waals surface area contributed by atoms with Gasteiger partial charge < -0.3 is 9.84 Å². The lowest BCUT2D eigenvalue weighted by molar-refractivity contribution is 0.134. The molecule has 0 aliphatic carbocycles. The first-order valence-corrected chi connectivity index (χ1v) is 4.26. The minimum absolute atomic E-state index is 0.160. The number of rotatable bonds is 2. The molecule has 0 saturated carbocycles. The van der Waals surface area contributed by atoms with Crippen molar-refractivity contribution in [1.82, 2.24) is 0 Å². The average molecular weight is 191 g/mol. The van der Waals surface area contributed by atoms with E-state index in [1.807, 2.05) is 6.07 Å². The lowest BCUT2D eigenvalue weighted by Gasteiger charge is -2.03. The Bertz CT molecular complexity index is 408. The summed E-state index contributed by atoms with van der Waals surface area (Å²) in [5.74, 6) is 0.160. The molecular weight excluding hydrogens is 182 g/mol. The Morgan fingerprint density at radius 3 is 2.86 bits per heavy atom. The van der Waals surface area contributed by atoms with E-state index in [-0.39, 0.29) is 12.3 Å². The lowest BCUT2D eigenvalue weighted by Crippen LogP contribution is -1.88. The van der Waals surface area contributed by atoms with E-state index in [1.54, 1.807) is 6.07 Å². The molecule has 2 rings (SSSR count). The van der Waals surface area contributed by atoms with Crippen molar-refractivity contribution in [2.75, 3.05) is 0 Å². The second-order valence-electron chi connectivity index (χ2n) is 3.15. The maximum atomic E-state index is 9.93.